The summed E-state index contributed by atoms with van der Waals surface area (Å²) in [5.74, 6) is -0.741. The van der Waals surface area contributed by atoms with E-state index in [4.69, 9.17) is 33.0 Å². The van der Waals surface area contributed by atoms with E-state index >= 15 is 0 Å². The summed E-state index contributed by atoms with van der Waals surface area (Å²) in [5, 5.41) is 9.95. The first kappa shape index (κ1) is 18.5. The van der Waals surface area contributed by atoms with Crippen molar-refractivity contribution >= 4 is 35.1 Å². The molecule has 2 heterocycles. The van der Waals surface area contributed by atoms with Gasteiger partial charge in [-0.1, -0.05) is 29.3 Å². The van der Waals surface area contributed by atoms with Crippen molar-refractivity contribution in [2.45, 2.75) is 12.5 Å². The number of fused-ring (bicyclic) bond motifs is 3. The molecule has 0 unspecified atom stereocenters. The molecular weight excluding hydrogens is 367 g/mol. The van der Waals surface area contributed by atoms with Gasteiger partial charge in [0, 0.05) is 25.6 Å². The Bertz CT molecular complexity index is 670. The minimum atomic E-state index is -0.852. The second kappa shape index (κ2) is 7.91. The van der Waals surface area contributed by atoms with Gasteiger partial charge < -0.3 is 14.7 Å². The third-order valence-corrected chi connectivity index (χ3v) is 5.30. The molecule has 2 fully saturated rings. The number of hydrogen-bond donors (Lipinski definition) is 1. The lowest BCUT2D eigenvalue weighted by molar-refractivity contribution is -0.138. The molecule has 0 aromatic heterocycles. The Morgan fingerprint density at radius 3 is 2.68 bits per heavy atom. The van der Waals surface area contributed by atoms with Gasteiger partial charge in [0.2, 0.25) is 5.91 Å². The fraction of sp³-hybridized carbons (Fsp3) is 0.529. The van der Waals surface area contributed by atoms with E-state index in [1.807, 2.05) is 9.80 Å². The predicted molar refractivity (Wildman–Crippen MR) is 94.1 cm³/mol. The minimum absolute atomic E-state index is 0.00364. The van der Waals surface area contributed by atoms with E-state index in [0.717, 1.165) is 5.56 Å². The fourth-order valence-corrected chi connectivity index (χ4v) is 3.81. The molecule has 1 aromatic rings. The molecule has 136 valence electrons. The van der Waals surface area contributed by atoms with E-state index < -0.39 is 5.97 Å². The number of amides is 1. The molecule has 8 heteroatoms. The molecule has 2 atom stereocenters. The van der Waals surface area contributed by atoms with Gasteiger partial charge in [-0.15, -0.1) is 0 Å². The number of carbonyl (C=O) groups excluding carboxylic acids is 1. The molecule has 2 bridgehead atoms. The van der Waals surface area contributed by atoms with Crippen LogP contribution in [0, 0.1) is 5.92 Å². The molecule has 1 aromatic carbocycles. The first-order valence-electron chi connectivity index (χ1n) is 8.17. The number of rotatable bonds is 4. The maximum Gasteiger partial charge on any atom is 0.317 e. The normalized spacial score (nSPS) is 24.0. The van der Waals surface area contributed by atoms with E-state index in [9.17, 15) is 9.59 Å². The number of benzene rings is 1. The van der Waals surface area contributed by atoms with Crippen LogP contribution in [-0.4, -0.2) is 72.2 Å². The molecule has 0 spiro atoms. The highest BCUT2D eigenvalue weighted by molar-refractivity contribution is 6.42. The number of carboxylic acid groups (broad SMARTS) is 1. The SMILES string of the molecule is O=C(O)CN1C[C@@H]2COC[C@H](C1)N(C(=O)Cc1ccc(Cl)c(Cl)c1)C2. The Kier molecular flexibility index (Phi) is 5.84. The lowest BCUT2D eigenvalue weighted by Gasteiger charge is -2.30. The van der Waals surface area contributed by atoms with Crippen LogP contribution in [-0.2, 0) is 20.7 Å². The summed E-state index contributed by atoms with van der Waals surface area (Å²) in [4.78, 5) is 27.6. The van der Waals surface area contributed by atoms with Gasteiger partial charge in [0.05, 0.1) is 42.3 Å². The summed E-state index contributed by atoms with van der Waals surface area (Å²) in [6, 6.07) is 5.05. The van der Waals surface area contributed by atoms with Crippen molar-refractivity contribution in [2.24, 2.45) is 5.92 Å². The van der Waals surface area contributed by atoms with Crippen LogP contribution in [0.3, 0.4) is 0 Å². The van der Waals surface area contributed by atoms with Crippen molar-refractivity contribution in [3.8, 4) is 0 Å². The standard InChI is InChI=1S/C17H20Cl2N2O4/c18-14-2-1-11(3-15(14)19)4-16(22)21-6-12-5-20(8-17(23)24)7-13(21)10-25-9-12/h1-3,12-13H,4-10H2,(H,23,24)/t12-,13-/m0/s1. The molecule has 6 nitrogen and oxygen atoms in total. The number of ether oxygens (including phenoxy) is 1. The summed E-state index contributed by atoms with van der Waals surface area (Å²) in [7, 11) is 0. The monoisotopic (exact) mass is 386 g/mol. The Morgan fingerprint density at radius 1 is 1.16 bits per heavy atom. The maximum atomic E-state index is 12.8. The Labute approximate surface area is 156 Å². The van der Waals surface area contributed by atoms with Crippen molar-refractivity contribution < 1.29 is 19.4 Å². The highest BCUT2D eigenvalue weighted by Crippen LogP contribution is 2.24. The first-order valence-corrected chi connectivity index (χ1v) is 8.93. The number of nitrogens with zero attached hydrogens (tertiary/aromatic N) is 2. The summed E-state index contributed by atoms with van der Waals surface area (Å²) >= 11 is 11.9. The second-order valence-electron chi connectivity index (χ2n) is 6.62. The zero-order chi connectivity index (χ0) is 18.0. The van der Waals surface area contributed by atoms with Crippen molar-refractivity contribution in [1.82, 2.24) is 9.80 Å². The molecule has 0 saturated carbocycles. The molecule has 0 aliphatic carbocycles. The highest BCUT2D eigenvalue weighted by atomic mass is 35.5. The van der Waals surface area contributed by atoms with Gasteiger partial charge >= 0.3 is 5.97 Å². The first-order chi connectivity index (χ1) is 11.9. The Hall–Kier alpha value is -1.34. The number of halogens is 2. The zero-order valence-corrected chi connectivity index (χ0v) is 15.2. The fourth-order valence-electron chi connectivity index (χ4n) is 3.49. The molecule has 2 saturated heterocycles. The van der Waals surface area contributed by atoms with Gasteiger partial charge in [0.15, 0.2) is 0 Å². The average molecular weight is 387 g/mol. The van der Waals surface area contributed by atoms with Crippen LogP contribution < -0.4 is 0 Å². The topological polar surface area (TPSA) is 70.1 Å². The largest absolute Gasteiger partial charge is 0.480 e. The van der Waals surface area contributed by atoms with Crippen molar-refractivity contribution in [3.63, 3.8) is 0 Å². The number of aliphatic carboxylic acids is 1. The Morgan fingerprint density at radius 2 is 1.96 bits per heavy atom. The predicted octanol–water partition coefficient (Wildman–Crippen LogP) is 1.78. The Balaban J connectivity index is 1.73. The van der Waals surface area contributed by atoms with Crippen LogP contribution in [0.2, 0.25) is 10.0 Å². The summed E-state index contributed by atoms with van der Waals surface area (Å²) in [6.45, 7) is 2.68. The van der Waals surface area contributed by atoms with Crippen LogP contribution in [0.5, 0.6) is 0 Å². The van der Waals surface area contributed by atoms with E-state index in [1.54, 1.807) is 18.2 Å². The average Bonchev–Trinajstić information content (AvgIpc) is 2.81. The summed E-state index contributed by atoms with van der Waals surface area (Å²) < 4.78 is 5.67. The van der Waals surface area contributed by atoms with Gasteiger partial charge in [-0.3, -0.25) is 14.5 Å². The number of carboxylic acids is 1. The van der Waals surface area contributed by atoms with E-state index in [-0.39, 0.29) is 30.8 Å². The second-order valence-corrected chi connectivity index (χ2v) is 7.43. The van der Waals surface area contributed by atoms with Crippen molar-refractivity contribution in [2.75, 3.05) is 39.4 Å². The minimum Gasteiger partial charge on any atom is -0.480 e. The highest BCUT2D eigenvalue weighted by Gasteiger charge is 2.36. The lowest BCUT2D eigenvalue weighted by atomic mass is 10.1. The molecular formula is C17H20Cl2N2O4. The number of hydrogen-bond acceptors (Lipinski definition) is 4. The molecule has 1 amide bonds. The van der Waals surface area contributed by atoms with Crippen molar-refractivity contribution in [3.05, 3.63) is 33.8 Å². The van der Waals surface area contributed by atoms with Crippen LogP contribution in [0.15, 0.2) is 18.2 Å². The summed E-state index contributed by atoms with van der Waals surface area (Å²) in [5.41, 5.74) is 0.807. The zero-order valence-electron chi connectivity index (χ0n) is 13.7. The third-order valence-electron chi connectivity index (χ3n) is 4.56. The molecule has 25 heavy (non-hydrogen) atoms. The smallest absolute Gasteiger partial charge is 0.317 e. The van der Waals surface area contributed by atoms with E-state index in [0.29, 0.717) is 42.9 Å². The third kappa shape index (κ3) is 4.64. The van der Waals surface area contributed by atoms with Gasteiger partial charge in [-0.05, 0) is 17.7 Å². The van der Waals surface area contributed by atoms with Crippen molar-refractivity contribution in [1.29, 1.82) is 0 Å². The molecule has 2 aliphatic heterocycles. The lowest BCUT2D eigenvalue weighted by Crippen LogP contribution is -2.47. The number of carbonyl (C=O) groups is 2. The van der Waals surface area contributed by atoms with Gasteiger partial charge in [-0.2, -0.15) is 0 Å². The van der Waals surface area contributed by atoms with Crippen LogP contribution in [0.1, 0.15) is 5.56 Å². The van der Waals surface area contributed by atoms with Crippen LogP contribution in [0.4, 0.5) is 0 Å². The van der Waals surface area contributed by atoms with Crippen LogP contribution >= 0.6 is 23.2 Å². The van der Waals surface area contributed by atoms with Gasteiger partial charge in [0.1, 0.15) is 0 Å². The quantitative estimate of drug-likeness (QED) is 0.853. The molecule has 2 aliphatic rings. The molecule has 0 radical (unpaired) electrons. The van der Waals surface area contributed by atoms with Gasteiger partial charge in [-0.25, -0.2) is 0 Å². The molecule has 1 N–H and O–H groups in total. The van der Waals surface area contributed by atoms with E-state index in [1.165, 1.54) is 0 Å². The molecule has 3 rings (SSSR count). The van der Waals surface area contributed by atoms with Crippen LogP contribution in [0.25, 0.3) is 0 Å². The summed E-state index contributed by atoms with van der Waals surface area (Å²) in [6.07, 6.45) is 0.235. The van der Waals surface area contributed by atoms with E-state index in [2.05, 4.69) is 0 Å². The maximum absolute atomic E-state index is 12.8. The van der Waals surface area contributed by atoms with Gasteiger partial charge in [0.25, 0.3) is 0 Å².